The number of carbonyl (C=O) groups excluding carboxylic acids is 2. The van der Waals surface area contributed by atoms with E-state index in [-0.39, 0.29) is 11.6 Å². The van der Waals surface area contributed by atoms with Gasteiger partial charge >= 0.3 is 0 Å². The first-order chi connectivity index (χ1) is 15.4. The third kappa shape index (κ3) is 4.08. The lowest BCUT2D eigenvalue weighted by Crippen LogP contribution is -2.29. The summed E-state index contributed by atoms with van der Waals surface area (Å²) in [7, 11) is 0. The van der Waals surface area contributed by atoms with Gasteiger partial charge in [-0.15, -0.1) is 17.9 Å². The van der Waals surface area contributed by atoms with E-state index in [1.165, 1.54) is 11.3 Å². The highest BCUT2D eigenvalue weighted by Gasteiger charge is 2.27. The van der Waals surface area contributed by atoms with Gasteiger partial charge in [0, 0.05) is 23.0 Å². The summed E-state index contributed by atoms with van der Waals surface area (Å²) < 4.78 is 1.60. The average molecular weight is 471 g/mol. The number of nitrogens with zero attached hydrogens (tertiary/aromatic N) is 2. The maximum Gasteiger partial charge on any atom is 0.280 e. The second kappa shape index (κ2) is 9.26. The first kappa shape index (κ1) is 22.2. The van der Waals surface area contributed by atoms with E-state index in [2.05, 4.69) is 22.3 Å². The molecule has 0 saturated heterocycles. The lowest BCUT2D eigenvalue weighted by molar-refractivity contribution is 0.0958. The summed E-state index contributed by atoms with van der Waals surface area (Å²) in [6.45, 7) is 6.31. The van der Waals surface area contributed by atoms with E-state index in [9.17, 15) is 14.4 Å². The zero-order valence-corrected chi connectivity index (χ0v) is 19.2. The SMILES string of the molecule is C=CCNC(=O)c1c(NC(=O)c2nn(CC)c3ccc(Cl)cc3c2=O)sc2c1CCCC2. The van der Waals surface area contributed by atoms with Crippen LogP contribution in [0.4, 0.5) is 5.00 Å². The number of nitrogens with one attached hydrogen (secondary N) is 2. The highest BCUT2D eigenvalue weighted by molar-refractivity contribution is 7.17. The molecular formula is C23H23ClN4O3S. The molecule has 9 heteroatoms. The number of carbonyl (C=O) groups is 2. The summed E-state index contributed by atoms with van der Waals surface area (Å²) in [5, 5.41) is 11.1. The summed E-state index contributed by atoms with van der Waals surface area (Å²) in [6.07, 6.45) is 5.29. The molecule has 2 heterocycles. The van der Waals surface area contributed by atoms with E-state index in [0.29, 0.717) is 39.6 Å². The largest absolute Gasteiger partial charge is 0.348 e. The molecule has 0 radical (unpaired) electrons. The average Bonchev–Trinajstić information content (AvgIpc) is 3.15. The van der Waals surface area contributed by atoms with Crippen molar-refractivity contribution < 1.29 is 9.59 Å². The summed E-state index contributed by atoms with van der Waals surface area (Å²) in [6, 6.07) is 4.94. The molecule has 1 aromatic carbocycles. The van der Waals surface area contributed by atoms with Gasteiger partial charge in [0.1, 0.15) is 5.00 Å². The van der Waals surface area contributed by atoms with E-state index in [0.717, 1.165) is 36.1 Å². The molecule has 0 atom stereocenters. The minimum absolute atomic E-state index is 0.231. The molecule has 1 aliphatic rings. The van der Waals surface area contributed by atoms with Crippen LogP contribution in [0.25, 0.3) is 10.9 Å². The lowest BCUT2D eigenvalue weighted by Gasteiger charge is -2.13. The summed E-state index contributed by atoms with van der Waals surface area (Å²) in [5.74, 6) is -0.903. The number of benzene rings is 1. The van der Waals surface area contributed by atoms with Crippen molar-refractivity contribution in [2.45, 2.75) is 39.2 Å². The van der Waals surface area contributed by atoms with Crippen LogP contribution in [0.15, 0.2) is 35.6 Å². The van der Waals surface area contributed by atoms with Gasteiger partial charge in [-0.05, 0) is 56.4 Å². The van der Waals surface area contributed by atoms with Crippen molar-refractivity contribution in [3.63, 3.8) is 0 Å². The molecule has 166 valence electrons. The monoisotopic (exact) mass is 470 g/mol. The molecule has 0 spiro atoms. The Bertz CT molecular complexity index is 1290. The van der Waals surface area contributed by atoms with E-state index in [1.807, 2.05) is 6.92 Å². The van der Waals surface area contributed by atoms with Crippen molar-refractivity contribution in [2.24, 2.45) is 0 Å². The molecule has 1 aliphatic carbocycles. The Hall–Kier alpha value is -2.97. The second-order valence-corrected chi connectivity index (χ2v) is 9.06. The third-order valence-electron chi connectivity index (χ3n) is 5.46. The van der Waals surface area contributed by atoms with Crippen LogP contribution >= 0.6 is 22.9 Å². The Morgan fingerprint density at radius 1 is 1.28 bits per heavy atom. The van der Waals surface area contributed by atoms with Crippen molar-refractivity contribution in [2.75, 3.05) is 11.9 Å². The van der Waals surface area contributed by atoms with E-state index >= 15 is 0 Å². The molecule has 7 nitrogen and oxygen atoms in total. The minimum atomic E-state index is -0.643. The van der Waals surface area contributed by atoms with Crippen molar-refractivity contribution in [1.82, 2.24) is 15.1 Å². The van der Waals surface area contributed by atoms with Gasteiger partial charge in [0.2, 0.25) is 5.43 Å². The molecule has 4 rings (SSSR count). The normalized spacial score (nSPS) is 12.9. The van der Waals surface area contributed by atoms with Gasteiger partial charge < -0.3 is 10.6 Å². The quantitative estimate of drug-likeness (QED) is 0.528. The molecule has 32 heavy (non-hydrogen) atoms. The van der Waals surface area contributed by atoms with Gasteiger partial charge in [-0.25, -0.2) is 0 Å². The number of anilines is 1. The Kier molecular flexibility index (Phi) is 6.43. The van der Waals surface area contributed by atoms with Crippen LogP contribution in [0.5, 0.6) is 0 Å². The van der Waals surface area contributed by atoms with E-state index in [1.54, 1.807) is 29.0 Å². The molecule has 0 bridgehead atoms. The van der Waals surface area contributed by atoms with E-state index in [4.69, 9.17) is 11.6 Å². The van der Waals surface area contributed by atoms with Crippen LogP contribution in [0.1, 0.15) is 51.1 Å². The number of thiophene rings is 1. The third-order valence-corrected chi connectivity index (χ3v) is 6.91. The molecule has 2 aromatic heterocycles. The smallest absolute Gasteiger partial charge is 0.280 e. The Morgan fingerprint density at radius 2 is 2.06 bits per heavy atom. The Balaban J connectivity index is 1.76. The fourth-order valence-corrected chi connectivity index (χ4v) is 5.42. The number of amides is 2. The molecule has 0 aliphatic heterocycles. The van der Waals surface area contributed by atoms with Crippen LogP contribution < -0.4 is 16.1 Å². The van der Waals surface area contributed by atoms with Crippen LogP contribution in [0, 0.1) is 0 Å². The van der Waals surface area contributed by atoms with Crippen molar-refractivity contribution in [1.29, 1.82) is 0 Å². The maximum atomic E-state index is 13.2. The second-order valence-electron chi connectivity index (χ2n) is 7.52. The van der Waals surface area contributed by atoms with Gasteiger partial charge in [0.25, 0.3) is 11.8 Å². The van der Waals surface area contributed by atoms with Gasteiger partial charge in [0.15, 0.2) is 5.69 Å². The van der Waals surface area contributed by atoms with Crippen LogP contribution in [0.3, 0.4) is 0 Å². The van der Waals surface area contributed by atoms with Crippen LogP contribution in [0.2, 0.25) is 5.02 Å². The van der Waals surface area contributed by atoms with Crippen molar-refractivity contribution in [3.8, 4) is 0 Å². The summed E-state index contributed by atoms with van der Waals surface area (Å²) in [4.78, 5) is 40.2. The van der Waals surface area contributed by atoms with Gasteiger partial charge in [-0.1, -0.05) is 17.7 Å². The predicted molar refractivity (Wildman–Crippen MR) is 128 cm³/mol. The highest BCUT2D eigenvalue weighted by atomic mass is 35.5. The first-order valence-corrected chi connectivity index (χ1v) is 11.7. The molecule has 2 amide bonds. The van der Waals surface area contributed by atoms with E-state index < -0.39 is 11.3 Å². The van der Waals surface area contributed by atoms with Crippen molar-refractivity contribution in [3.05, 3.63) is 67.8 Å². The first-order valence-electron chi connectivity index (χ1n) is 10.5. The number of hydrogen-bond acceptors (Lipinski definition) is 5. The molecule has 3 aromatic rings. The van der Waals surface area contributed by atoms with Crippen LogP contribution in [-0.4, -0.2) is 28.1 Å². The number of halogens is 1. The Morgan fingerprint density at radius 3 is 2.81 bits per heavy atom. The maximum absolute atomic E-state index is 13.2. The summed E-state index contributed by atoms with van der Waals surface area (Å²) >= 11 is 7.48. The van der Waals surface area contributed by atoms with Crippen molar-refractivity contribution >= 4 is 50.7 Å². The molecule has 0 fully saturated rings. The zero-order chi connectivity index (χ0) is 22.8. The topological polar surface area (TPSA) is 93.1 Å². The minimum Gasteiger partial charge on any atom is -0.348 e. The standard InChI is InChI=1S/C23H23ClN4O3S/c1-3-11-25-21(30)18-14-7-5-6-8-17(14)32-23(18)26-22(31)19-20(29)15-12-13(24)9-10-16(15)28(4-2)27-19/h3,9-10,12H,1,4-8,11H2,2H3,(H,25,30)(H,26,31). The van der Waals surface area contributed by atoms with Gasteiger partial charge in [0.05, 0.1) is 16.5 Å². The number of fused-ring (bicyclic) bond motifs is 2. The predicted octanol–water partition coefficient (Wildman–Crippen LogP) is 4.18. The van der Waals surface area contributed by atoms with Gasteiger partial charge in [-0.3, -0.25) is 19.1 Å². The van der Waals surface area contributed by atoms with Gasteiger partial charge in [-0.2, -0.15) is 5.10 Å². The number of hydrogen-bond donors (Lipinski definition) is 2. The highest BCUT2D eigenvalue weighted by Crippen LogP contribution is 2.38. The number of aryl methyl sites for hydroxylation is 2. The number of rotatable bonds is 6. The summed E-state index contributed by atoms with van der Waals surface area (Å²) in [5.41, 5.74) is 1.32. The Labute approximate surface area is 194 Å². The fourth-order valence-electron chi connectivity index (χ4n) is 3.96. The number of aromatic nitrogens is 2. The molecule has 0 unspecified atom stereocenters. The lowest BCUT2D eigenvalue weighted by atomic mass is 9.95. The fraction of sp³-hybridized carbons (Fsp3) is 0.304. The molecular weight excluding hydrogens is 448 g/mol. The zero-order valence-electron chi connectivity index (χ0n) is 17.7. The molecule has 0 saturated carbocycles. The van der Waals surface area contributed by atoms with Crippen LogP contribution in [-0.2, 0) is 19.4 Å². The molecule has 2 N–H and O–H groups in total.